The van der Waals surface area contributed by atoms with Crippen LogP contribution in [0.2, 0.25) is 0 Å². The molecule has 5 heteroatoms. The van der Waals surface area contributed by atoms with Gasteiger partial charge in [-0.15, -0.1) is 0 Å². The maximum Gasteiger partial charge on any atom is 0.161 e. The van der Waals surface area contributed by atoms with E-state index >= 15 is 0 Å². The molecule has 2 nitrogen and oxygen atoms in total. The van der Waals surface area contributed by atoms with Crippen LogP contribution in [0.5, 0.6) is 0 Å². The van der Waals surface area contributed by atoms with Crippen LogP contribution in [-0.4, -0.2) is 30.7 Å². The number of rotatable bonds is 2. The SMILES string of the molecule is Fc1cc(F)c(CN2CC[C@H]3OCCC[C@H]3C2)cc1F. The van der Waals surface area contributed by atoms with Gasteiger partial charge < -0.3 is 4.74 Å². The first-order chi connectivity index (χ1) is 9.63. The van der Waals surface area contributed by atoms with E-state index in [-0.39, 0.29) is 5.56 Å². The van der Waals surface area contributed by atoms with E-state index in [1.165, 1.54) is 0 Å². The zero-order chi connectivity index (χ0) is 14.1. The zero-order valence-electron chi connectivity index (χ0n) is 11.2. The zero-order valence-corrected chi connectivity index (χ0v) is 11.2. The number of benzene rings is 1. The monoisotopic (exact) mass is 285 g/mol. The molecule has 2 atom stereocenters. The Morgan fingerprint density at radius 1 is 1.10 bits per heavy atom. The summed E-state index contributed by atoms with van der Waals surface area (Å²) in [6, 6.07) is 1.59. The van der Waals surface area contributed by atoms with Gasteiger partial charge in [-0.05, 0) is 31.2 Å². The second kappa shape index (κ2) is 5.74. The van der Waals surface area contributed by atoms with E-state index in [1.54, 1.807) is 0 Å². The molecule has 0 unspecified atom stereocenters. The summed E-state index contributed by atoms with van der Waals surface area (Å²) in [6.45, 7) is 2.80. The molecule has 2 aliphatic heterocycles. The average molecular weight is 285 g/mol. The van der Waals surface area contributed by atoms with Crippen molar-refractivity contribution in [1.82, 2.24) is 4.90 Å². The van der Waals surface area contributed by atoms with Crippen molar-refractivity contribution in [1.29, 1.82) is 0 Å². The van der Waals surface area contributed by atoms with Crippen molar-refractivity contribution in [2.75, 3.05) is 19.7 Å². The van der Waals surface area contributed by atoms with Gasteiger partial charge in [0, 0.05) is 37.9 Å². The number of halogens is 3. The second-order valence-corrected chi connectivity index (χ2v) is 5.69. The first-order valence-corrected chi connectivity index (χ1v) is 7.11. The van der Waals surface area contributed by atoms with Crippen molar-refractivity contribution in [3.05, 3.63) is 35.1 Å². The number of nitrogens with zero attached hydrogens (tertiary/aromatic N) is 1. The molecular formula is C15H18F3NO. The Balaban J connectivity index is 1.68. The van der Waals surface area contributed by atoms with Crippen LogP contribution in [0.3, 0.4) is 0 Å². The van der Waals surface area contributed by atoms with Gasteiger partial charge in [-0.3, -0.25) is 4.90 Å². The lowest BCUT2D eigenvalue weighted by Gasteiger charge is -2.41. The lowest BCUT2D eigenvalue weighted by atomic mass is 9.88. The van der Waals surface area contributed by atoms with Crippen molar-refractivity contribution < 1.29 is 17.9 Å². The summed E-state index contributed by atoms with van der Waals surface area (Å²) in [5, 5.41) is 0. The number of likely N-dealkylation sites (tertiary alicyclic amines) is 1. The second-order valence-electron chi connectivity index (χ2n) is 5.69. The first-order valence-electron chi connectivity index (χ1n) is 7.11. The Bertz CT molecular complexity index is 494. The van der Waals surface area contributed by atoms with Gasteiger partial charge in [0.05, 0.1) is 6.10 Å². The quantitative estimate of drug-likeness (QED) is 0.774. The molecule has 0 radical (unpaired) electrons. The third kappa shape index (κ3) is 2.83. The third-order valence-corrected chi connectivity index (χ3v) is 4.28. The number of hydrogen-bond acceptors (Lipinski definition) is 2. The van der Waals surface area contributed by atoms with Crippen LogP contribution in [0.15, 0.2) is 12.1 Å². The summed E-state index contributed by atoms with van der Waals surface area (Å²) in [7, 11) is 0. The fraction of sp³-hybridized carbons (Fsp3) is 0.600. The molecule has 3 rings (SSSR count). The molecule has 0 bridgehead atoms. The van der Waals surface area contributed by atoms with Gasteiger partial charge >= 0.3 is 0 Å². The highest BCUT2D eigenvalue weighted by atomic mass is 19.2. The summed E-state index contributed by atoms with van der Waals surface area (Å²) < 4.78 is 45.5. The van der Waals surface area contributed by atoms with Gasteiger partial charge in [0.15, 0.2) is 11.6 Å². The van der Waals surface area contributed by atoms with Crippen LogP contribution < -0.4 is 0 Å². The Kier molecular flexibility index (Phi) is 3.98. The largest absolute Gasteiger partial charge is 0.378 e. The number of piperidine rings is 1. The highest BCUT2D eigenvalue weighted by Crippen LogP contribution is 2.29. The van der Waals surface area contributed by atoms with E-state index in [9.17, 15) is 13.2 Å². The van der Waals surface area contributed by atoms with Gasteiger partial charge in [-0.2, -0.15) is 0 Å². The van der Waals surface area contributed by atoms with Crippen LogP contribution in [0, 0.1) is 23.4 Å². The van der Waals surface area contributed by atoms with Crippen molar-refractivity contribution in [2.24, 2.45) is 5.92 Å². The molecule has 2 aliphatic rings. The highest BCUT2D eigenvalue weighted by molar-refractivity contribution is 5.20. The molecule has 1 aromatic carbocycles. The molecule has 0 N–H and O–H groups in total. The van der Waals surface area contributed by atoms with E-state index in [0.29, 0.717) is 24.6 Å². The van der Waals surface area contributed by atoms with Crippen LogP contribution in [-0.2, 0) is 11.3 Å². The molecule has 0 amide bonds. The van der Waals surface area contributed by atoms with E-state index in [2.05, 4.69) is 4.90 Å². The Labute approximate surface area is 116 Å². The van der Waals surface area contributed by atoms with Gasteiger partial charge in [0.2, 0.25) is 0 Å². The number of ether oxygens (including phenoxy) is 1. The average Bonchev–Trinajstić information content (AvgIpc) is 2.44. The highest BCUT2D eigenvalue weighted by Gasteiger charge is 2.32. The fourth-order valence-electron chi connectivity index (χ4n) is 3.23. The molecule has 2 fully saturated rings. The molecule has 0 saturated carbocycles. The number of hydrogen-bond donors (Lipinski definition) is 0. The Morgan fingerprint density at radius 2 is 1.90 bits per heavy atom. The molecule has 2 saturated heterocycles. The molecule has 0 aromatic heterocycles. The molecule has 0 aliphatic carbocycles. The summed E-state index contributed by atoms with van der Waals surface area (Å²) in [5.74, 6) is -2.32. The normalized spacial score (nSPS) is 27.4. The van der Waals surface area contributed by atoms with Crippen LogP contribution >= 0.6 is 0 Å². The molecule has 1 aromatic rings. The Hall–Kier alpha value is -1.07. The Morgan fingerprint density at radius 3 is 2.75 bits per heavy atom. The number of fused-ring (bicyclic) bond motifs is 1. The van der Waals surface area contributed by atoms with Gasteiger partial charge in [-0.1, -0.05) is 0 Å². The van der Waals surface area contributed by atoms with Gasteiger partial charge in [-0.25, -0.2) is 13.2 Å². The van der Waals surface area contributed by atoms with E-state index in [4.69, 9.17) is 4.74 Å². The maximum atomic E-state index is 13.7. The molecular weight excluding hydrogens is 267 g/mol. The van der Waals surface area contributed by atoms with Crippen LogP contribution in [0.25, 0.3) is 0 Å². The summed E-state index contributed by atoms with van der Waals surface area (Å²) in [6.07, 6.45) is 3.43. The molecule has 2 heterocycles. The predicted molar refractivity (Wildman–Crippen MR) is 68.7 cm³/mol. The van der Waals surface area contributed by atoms with Crippen molar-refractivity contribution in [3.8, 4) is 0 Å². The topological polar surface area (TPSA) is 12.5 Å². The minimum atomic E-state index is -1.13. The van der Waals surface area contributed by atoms with E-state index in [1.807, 2.05) is 0 Å². The van der Waals surface area contributed by atoms with Crippen LogP contribution in [0.4, 0.5) is 13.2 Å². The molecule has 110 valence electrons. The summed E-state index contributed by atoms with van der Waals surface area (Å²) in [4.78, 5) is 2.10. The minimum Gasteiger partial charge on any atom is -0.378 e. The molecule has 20 heavy (non-hydrogen) atoms. The minimum absolute atomic E-state index is 0.221. The lowest BCUT2D eigenvalue weighted by Crippen LogP contribution is -2.45. The van der Waals surface area contributed by atoms with Crippen molar-refractivity contribution in [2.45, 2.75) is 31.9 Å². The van der Waals surface area contributed by atoms with Gasteiger partial charge in [0.1, 0.15) is 5.82 Å². The first kappa shape index (κ1) is 13.9. The standard InChI is InChI=1S/C15H18F3NO/c16-12-7-14(18)13(17)6-11(12)9-19-4-3-15-10(8-19)2-1-5-20-15/h6-7,10,15H,1-5,8-9H2/t10-,15+/m0/s1. The molecule has 0 spiro atoms. The van der Waals surface area contributed by atoms with Crippen molar-refractivity contribution in [3.63, 3.8) is 0 Å². The van der Waals surface area contributed by atoms with Crippen LogP contribution in [0.1, 0.15) is 24.8 Å². The maximum absolute atomic E-state index is 13.7. The van der Waals surface area contributed by atoms with E-state index < -0.39 is 17.5 Å². The summed E-state index contributed by atoms with van der Waals surface area (Å²) in [5.41, 5.74) is 0.221. The lowest BCUT2D eigenvalue weighted by molar-refractivity contribution is -0.0677. The van der Waals surface area contributed by atoms with Gasteiger partial charge in [0.25, 0.3) is 0 Å². The van der Waals surface area contributed by atoms with E-state index in [0.717, 1.165) is 45.0 Å². The summed E-state index contributed by atoms with van der Waals surface area (Å²) >= 11 is 0. The van der Waals surface area contributed by atoms with Crippen molar-refractivity contribution >= 4 is 0 Å². The fourth-order valence-corrected chi connectivity index (χ4v) is 3.23. The predicted octanol–water partition coefficient (Wildman–Crippen LogP) is 3.10. The smallest absolute Gasteiger partial charge is 0.161 e. The third-order valence-electron chi connectivity index (χ3n) is 4.28.